The van der Waals surface area contributed by atoms with Gasteiger partial charge in [-0.05, 0) is 0 Å². The molecule has 0 aliphatic carbocycles. The zero-order chi connectivity index (χ0) is 8.27. The number of amides is 1. The van der Waals surface area contributed by atoms with E-state index in [1.807, 2.05) is 0 Å². The number of ether oxygens (including phenoxy) is 2. The molecule has 5 nitrogen and oxygen atoms in total. The molecule has 1 amide bonds. The lowest BCUT2D eigenvalue weighted by atomic mass is 10.1. The van der Waals surface area contributed by atoms with E-state index < -0.39 is 18.3 Å². The minimum Gasteiger partial charge on any atom is -0.441 e. The Hall–Kier alpha value is -0.810. The summed E-state index contributed by atoms with van der Waals surface area (Å²) in [7, 11) is 0. The van der Waals surface area contributed by atoms with E-state index in [4.69, 9.17) is 10.5 Å². The number of carbonyl (C=O) groups excluding carboxylic acids is 1. The molecule has 0 aromatic rings. The molecule has 0 unspecified atom stereocenters. The van der Waals surface area contributed by atoms with Gasteiger partial charge in [0.2, 0.25) is 0 Å². The minimum absolute atomic E-state index is 0.226. The SMILES string of the molecule is NC(=O)O[C@@H]1COCC[C@H]1O. The van der Waals surface area contributed by atoms with E-state index in [0.29, 0.717) is 13.0 Å². The Morgan fingerprint density at radius 3 is 3.00 bits per heavy atom. The molecule has 0 aromatic heterocycles. The van der Waals surface area contributed by atoms with Crippen molar-refractivity contribution < 1.29 is 19.4 Å². The summed E-state index contributed by atoms with van der Waals surface area (Å²) in [6.07, 6.45) is -1.63. The van der Waals surface area contributed by atoms with E-state index in [1.54, 1.807) is 0 Å². The van der Waals surface area contributed by atoms with E-state index >= 15 is 0 Å². The molecule has 64 valence electrons. The van der Waals surface area contributed by atoms with Crippen LogP contribution in [0.15, 0.2) is 0 Å². The molecular weight excluding hydrogens is 150 g/mol. The second-order valence-corrected chi connectivity index (χ2v) is 2.41. The zero-order valence-corrected chi connectivity index (χ0v) is 6.03. The van der Waals surface area contributed by atoms with Gasteiger partial charge in [0.05, 0.1) is 12.7 Å². The van der Waals surface area contributed by atoms with Gasteiger partial charge in [-0.2, -0.15) is 0 Å². The Labute approximate surface area is 64.1 Å². The van der Waals surface area contributed by atoms with Crippen molar-refractivity contribution in [1.82, 2.24) is 0 Å². The molecule has 2 atom stereocenters. The van der Waals surface area contributed by atoms with E-state index in [1.165, 1.54) is 0 Å². The van der Waals surface area contributed by atoms with Crippen LogP contribution in [0.4, 0.5) is 4.79 Å². The highest BCUT2D eigenvalue weighted by atomic mass is 16.6. The molecule has 1 rings (SSSR count). The fourth-order valence-electron chi connectivity index (χ4n) is 0.962. The summed E-state index contributed by atoms with van der Waals surface area (Å²) >= 11 is 0. The normalized spacial score (nSPS) is 31.4. The van der Waals surface area contributed by atoms with E-state index in [9.17, 15) is 9.90 Å². The van der Waals surface area contributed by atoms with Gasteiger partial charge in [-0.25, -0.2) is 4.79 Å². The van der Waals surface area contributed by atoms with Crippen LogP contribution in [0.2, 0.25) is 0 Å². The van der Waals surface area contributed by atoms with Crippen LogP contribution in [0.3, 0.4) is 0 Å². The van der Waals surface area contributed by atoms with Crippen LogP contribution < -0.4 is 5.73 Å². The monoisotopic (exact) mass is 161 g/mol. The minimum atomic E-state index is -0.875. The summed E-state index contributed by atoms with van der Waals surface area (Å²) in [4.78, 5) is 10.2. The molecule has 1 heterocycles. The molecule has 1 fully saturated rings. The fraction of sp³-hybridized carbons (Fsp3) is 0.833. The molecular formula is C6H11NO4. The van der Waals surface area contributed by atoms with Gasteiger partial charge >= 0.3 is 6.09 Å². The zero-order valence-electron chi connectivity index (χ0n) is 6.03. The van der Waals surface area contributed by atoms with Crippen LogP contribution in [-0.4, -0.2) is 36.6 Å². The number of hydrogen-bond donors (Lipinski definition) is 2. The van der Waals surface area contributed by atoms with Gasteiger partial charge in [0.15, 0.2) is 6.10 Å². The Bertz CT molecular complexity index is 150. The number of aliphatic hydroxyl groups is 1. The largest absolute Gasteiger partial charge is 0.441 e. The van der Waals surface area contributed by atoms with Crippen molar-refractivity contribution in [2.45, 2.75) is 18.6 Å². The average molecular weight is 161 g/mol. The predicted octanol–water partition coefficient (Wildman–Crippen LogP) is -0.769. The predicted molar refractivity (Wildman–Crippen MR) is 35.9 cm³/mol. The summed E-state index contributed by atoms with van der Waals surface area (Å²) in [5.74, 6) is 0. The smallest absolute Gasteiger partial charge is 0.404 e. The van der Waals surface area contributed by atoms with E-state index in [0.717, 1.165) is 0 Å². The maximum Gasteiger partial charge on any atom is 0.404 e. The van der Waals surface area contributed by atoms with Gasteiger partial charge in [-0.15, -0.1) is 0 Å². The van der Waals surface area contributed by atoms with E-state index in [2.05, 4.69) is 4.74 Å². The maximum absolute atomic E-state index is 10.2. The van der Waals surface area contributed by atoms with Crippen molar-refractivity contribution in [1.29, 1.82) is 0 Å². The van der Waals surface area contributed by atoms with Crippen LogP contribution in [0, 0.1) is 0 Å². The molecule has 0 radical (unpaired) electrons. The Morgan fingerprint density at radius 2 is 2.45 bits per heavy atom. The third-order valence-electron chi connectivity index (χ3n) is 1.54. The standard InChI is InChI=1S/C6H11NO4/c7-6(9)11-5-3-10-2-1-4(5)8/h4-5,8H,1-3H2,(H2,7,9)/t4-,5-/m1/s1. The van der Waals surface area contributed by atoms with Crippen molar-refractivity contribution in [2.75, 3.05) is 13.2 Å². The van der Waals surface area contributed by atoms with Crippen LogP contribution >= 0.6 is 0 Å². The first-order valence-corrected chi connectivity index (χ1v) is 3.42. The summed E-state index contributed by atoms with van der Waals surface area (Å²) in [5.41, 5.74) is 4.76. The van der Waals surface area contributed by atoms with Crippen molar-refractivity contribution in [3.63, 3.8) is 0 Å². The van der Waals surface area contributed by atoms with Crippen molar-refractivity contribution in [3.8, 4) is 0 Å². The first kappa shape index (κ1) is 8.29. The van der Waals surface area contributed by atoms with Gasteiger partial charge in [0, 0.05) is 13.0 Å². The Kier molecular flexibility index (Phi) is 2.67. The Morgan fingerprint density at radius 1 is 1.73 bits per heavy atom. The highest BCUT2D eigenvalue weighted by molar-refractivity contribution is 5.64. The van der Waals surface area contributed by atoms with Crippen LogP contribution in [0.5, 0.6) is 0 Å². The Balaban J connectivity index is 2.35. The quantitative estimate of drug-likeness (QED) is 0.529. The summed E-state index contributed by atoms with van der Waals surface area (Å²) in [6.45, 7) is 0.726. The van der Waals surface area contributed by atoms with Crippen LogP contribution in [0.25, 0.3) is 0 Å². The first-order valence-electron chi connectivity index (χ1n) is 3.42. The number of hydrogen-bond acceptors (Lipinski definition) is 4. The van der Waals surface area contributed by atoms with Gasteiger partial charge in [0.25, 0.3) is 0 Å². The highest BCUT2D eigenvalue weighted by Gasteiger charge is 2.26. The van der Waals surface area contributed by atoms with Crippen molar-refractivity contribution >= 4 is 6.09 Å². The number of rotatable bonds is 1. The number of nitrogens with two attached hydrogens (primary N) is 1. The molecule has 0 aromatic carbocycles. The lowest BCUT2D eigenvalue weighted by Crippen LogP contribution is -2.41. The van der Waals surface area contributed by atoms with Gasteiger partial charge < -0.3 is 20.3 Å². The fourth-order valence-corrected chi connectivity index (χ4v) is 0.962. The maximum atomic E-state index is 10.2. The first-order chi connectivity index (χ1) is 5.20. The molecule has 3 N–H and O–H groups in total. The number of aliphatic hydroxyl groups excluding tert-OH is 1. The lowest BCUT2D eigenvalue weighted by Gasteiger charge is -2.26. The second-order valence-electron chi connectivity index (χ2n) is 2.41. The van der Waals surface area contributed by atoms with E-state index in [-0.39, 0.29) is 6.61 Å². The number of primary amides is 1. The van der Waals surface area contributed by atoms with Crippen LogP contribution in [-0.2, 0) is 9.47 Å². The molecule has 0 spiro atoms. The highest BCUT2D eigenvalue weighted by Crippen LogP contribution is 2.10. The van der Waals surface area contributed by atoms with Gasteiger partial charge in [-0.1, -0.05) is 0 Å². The summed E-state index contributed by atoms with van der Waals surface area (Å²) in [6, 6.07) is 0. The molecule has 5 heteroatoms. The number of carbonyl (C=O) groups is 1. The van der Waals surface area contributed by atoms with Crippen molar-refractivity contribution in [2.24, 2.45) is 5.73 Å². The second kappa shape index (κ2) is 3.54. The van der Waals surface area contributed by atoms with Crippen LogP contribution in [0.1, 0.15) is 6.42 Å². The topological polar surface area (TPSA) is 81.8 Å². The molecule has 0 saturated carbocycles. The third kappa shape index (κ3) is 2.36. The molecule has 11 heavy (non-hydrogen) atoms. The van der Waals surface area contributed by atoms with Gasteiger partial charge in [0.1, 0.15) is 0 Å². The molecule has 0 bridgehead atoms. The summed E-state index contributed by atoms with van der Waals surface area (Å²) in [5, 5.41) is 9.21. The van der Waals surface area contributed by atoms with Gasteiger partial charge in [-0.3, -0.25) is 0 Å². The summed E-state index contributed by atoms with van der Waals surface area (Å²) < 4.78 is 9.53. The van der Waals surface area contributed by atoms with Crippen molar-refractivity contribution in [3.05, 3.63) is 0 Å². The average Bonchev–Trinajstić information content (AvgIpc) is 1.93. The lowest BCUT2D eigenvalue weighted by molar-refractivity contribution is -0.0877. The molecule has 1 saturated heterocycles. The molecule has 1 aliphatic rings. The third-order valence-corrected chi connectivity index (χ3v) is 1.54. The molecule has 1 aliphatic heterocycles.